The fourth-order valence-electron chi connectivity index (χ4n) is 2.08. The van der Waals surface area contributed by atoms with E-state index >= 15 is 0 Å². The normalized spacial score (nSPS) is 12.3. The van der Waals surface area contributed by atoms with Gasteiger partial charge in [-0.25, -0.2) is 4.98 Å². The summed E-state index contributed by atoms with van der Waals surface area (Å²) in [5, 5.41) is 0.577. The predicted molar refractivity (Wildman–Crippen MR) is 88.2 cm³/mol. The van der Waals surface area contributed by atoms with Crippen LogP contribution < -0.4 is 0 Å². The molecule has 0 unspecified atom stereocenters. The molecule has 1 atom stereocenters. The van der Waals surface area contributed by atoms with E-state index in [0.29, 0.717) is 33.0 Å². The van der Waals surface area contributed by atoms with Crippen molar-refractivity contribution in [2.45, 2.75) is 17.6 Å². The molecule has 22 heavy (non-hydrogen) atoms. The van der Waals surface area contributed by atoms with Gasteiger partial charge in [0.05, 0.1) is 22.2 Å². The lowest BCUT2D eigenvalue weighted by molar-refractivity contribution is 0.540. The van der Waals surface area contributed by atoms with Crippen LogP contribution in [-0.2, 0) is 16.6 Å². The molecule has 0 amide bonds. The van der Waals surface area contributed by atoms with Crippen molar-refractivity contribution in [3.05, 3.63) is 71.1 Å². The largest absolute Gasteiger partial charge is 0.441 e. The van der Waals surface area contributed by atoms with Crippen molar-refractivity contribution < 1.29 is 8.63 Å². The zero-order valence-corrected chi connectivity index (χ0v) is 13.5. The van der Waals surface area contributed by atoms with Crippen molar-refractivity contribution in [2.75, 3.05) is 0 Å². The van der Waals surface area contributed by atoms with Gasteiger partial charge in [-0.3, -0.25) is 4.21 Å². The number of aryl methyl sites for hydroxylation is 1. The molecule has 0 bridgehead atoms. The Labute approximate surface area is 136 Å². The molecule has 1 heterocycles. The zero-order chi connectivity index (χ0) is 15.5. The third-order valence-corrected chi connectivity index (χ3v) is 4.79. The predicted octanol–water partition coefficient (Wildman–Crippen LogP) is 4.61. The molecule has 0 N–H and O–H groups in total. The number of nitrogens with zero attached hydrogens (tertiary/aromatic N) is 1. The number of hydrogen-bond acceptors (Lipinski definition) is 3. The van der Waals surface area contributed by atoms with E-state index in [-0.39, 0.29) is 0 Å². The average Bonchev–Trinajstić information content (AvgIpc) is 2.89. The van der Waals surface area contributed by atoms with Gasteiger partial charge in [0, 0.05) is 15.5 Å². The molecule has 0 aliphatic rings. The molecule has 3 rings (SSSR count). The molecule has 5 heteroatoms. The molecule has 0 aliphatic heterocycles. The minimum absolute atomic E-state index is 0.308. The Balaban J connectivity index is 1.84. The topological polar surface area (TPSA) is 43.1 Å². The lowest BCUT2D eigenvalue weighted by atomic mass is 10.2. The molecule has 0 fully saturated rings. The molecular weight excluding hydrogens is 318 g/mol. The van der Waals surface area contributed by atoms with Crippen LogP contribution in [0.25, 0.3) is 11.5 Å². The van der Waals surface area contributed by atoms with Gasteiger partial charge in [-0.1, -0.05) is 35.9 Å². The van der Waals surface area contributed by atoms with Crippen LogP contribution in [0.4, 0.5) is 0 Å². The number of halogens is 1. The second kappa shape index (κ2) is 6.46. The Bertz CT molecular complexity index is 815. The maximum atomic E-state index is 12.4. The van der Waals surface area contributed by atoms with E-state index < -0.39 is 10.8 Å². The van der Waals surface area contributed by atoms with Gasteiger partial charge >= 0.3 is 0 Å². The van der Waals surface area contributed by atoms with Crippen molar-refractivity contribution in [2.24, 2.45) is 0 Å². The lowest BCUT2D eigenvalue weighted by Gasteiger charge is -2.01. The number of hydrogen-bond donors (Lipinski definition) is 0. The van der Waals surface area contributed by atoms with E-state index in [0.717, 1.165) is 5.56 Å². The summed E-state index contributed by atoms with van der Waals surface area (Å²) >= 11 is 5.94. The highest BCUT2D eigenvalue weighted by molar-refractivity contribution is 7.84. The van der Waals surface area contributed by atoms with E-state index in [1.165, 1.54) is 0 Å². The van der Waals surface area contributed by atoms with Crippen LogP contribution >= 0.6 is 11.6 Å². The van der Waals surface area contributed by atoms with Crippen LogP contribution in [0.1, 0.15) is 11.5 Å². The van der Waals surface area contributed by atoms with Crippen LogP contribution in [0, 0.1) is 6.92 Å². The molecule has 0 spiro atoms. The van der Waals surface area contributed by atoms with Crippen LogP contribution in [0.5, 0.6) is 0 Å². The van der Waals surface area contributed by atoms with Gasteiger partial charge in [0.25, 0.3) is 0 Å². The number of aromatic nitrogens is 1. The van der Waals surface area contributed by atoms with Gasteiger partial charge in [0.15, 0.2) is 0 Å². The highest BCUT2D eigenvalue weighted by Crippen LogP contribution is 2.24. The Morgan fingerprint density at radius 3 is 2.64 bits per heavy atom. The minimum atomic E-state index is -1.20. The summed E-state index contributed by atoms with van der Waals surface area (Å²) in [6.07, 6.45) is 0. The van der Waals surface area contributed by atoms with Crippen molar-refractivity contribution in [3.8, 4) is 11.5 Å². The van der Waals surface area contributed by atoms with Gasteiger partial charge in [0.1, 0.15) is 5.76 Å². The Kier molecular flexibility index (Phi) is 4.41. The van der Waals surface area contributed by atoms with Gasteiger partial charge in [0.2, 0.25) is 5.89 Å². The third-order valence-electron chi connectivity index (χ3n) is 3.24. The Morgan fingerprint density at radius 2 is 1.91 bits per heavy atom. The average molecular weight is 332 g/mol. The van der Waals surface area contributed by atoms with Crippen molar-refractivity contribution in [1.82, 2.24) is 4.98 Å². The standard InChI is InChI=1S/C17H14ClNO2S/c1-12-16(11-22(20)15-9-5-8-14(18)10-15)19-17(21-12)13-6-3-2-4-7-13/h2-10H,11H2,1H3/t22-/m0/s1. The summed E-state index contributed by atoms with van der Waals surface area (Å²) in [4.78, 5) is 5.17. The van der Waals surface area contributed by atoms with Crippen molar-refractivity contribution >= 4 is 22.4 Å². The summed E-state index contributed by atoms with van der Waals surface area (Å²) in [7, 11) is -1.20. The van der Waals surface area contributed by atoms with E-state index in [2.05, 4.69) is 4.98 Å². The molecule has 1 aromatic heterocycles. The molecular formula is C17H14ClNO2S. The second-order valence-corrected chi connectivity index (χ2v) is 6.72. The van der Waals surface area contributed by atoms with Crippen molar-refractivity contribution in [3.63, 3.8) is 0 Å². The summed E-state index contributed by atoms with van der Waals surface area (Å²) in [5.41, 5.74) is 1.61. The molecule has 3 nitrogen and oxygen atoms in total. The van der Waals surface area contributed by atoms with Gasteiger partial charge in [-0.15, -0.1) is 0 Å². The van der Waals surface area contributed by atoms with E-state index in [1.807, 2.05) is 37.3 Å². The van der Waals surface area contributed by atoms with E-state index in [9.17, 15) is 4.21 Å². The molecule has 2 aromatic carbocycles. The first-order valence-corrected chi connectivity index (χ1v) is 8.49. The Morgan fingerprint density at radius 1 is 1.14 bits per heavy atom. The number of benzene rings is 2. The smallest absolute Gasteiger partial charge is 0.226 e. The maximum absolute atomic E-state index is 12.4. The Hall–Kier alpha value is -1.91. The maximum Gasteiger partial charge on any atom is 0.226 e. The summed E-state index contributed by atoms with van der Waals surface area (Å²) < 4.78 is 18.1. The fraction of sp³-hybridized carbons (Fsp3) is 0.118. The molecule has 3 aromatic rings. The van der Waals surface area contributed by atoms with E-state index in [4.69, 9.17) is 16.0 Å². The monoisotopic (exact) mass is 331 g/mol. The fourth-order valence-corrected chi connectivity index (χ4v) is 3.51. The van der Waals surface area contributed by atoms with Crippen molar-refractivity contribution in [1.29, 1.82) is 0 Å². The second-order valence-electron chi connectivity index (χ2n) is 4.84. The number of rotatable bonds is 4. The highest BCUT2D eigenvalue weighted by atomic mass is 35.5. The summed E-state index contributed by atoms with van der Waals surface area (Å²) in [6, 6.07) is 16.7. The molecule has 0 aliphatic carbocycles. The molecule has 112 valence electrons. The molecule has 0 saturated heterocycles. The summed E-state index contributed by atoms with van der Waals surface area (Å²) in [5.74, 6) is 1.55. The third kappa shape index (κ3) is 3.29. The number of oxazole rings is 1. The first kappa shape index (κ1) is 15.0. The highest BCUT2D eigenvalue weighted by Gasteiger charge is 2.15. The van der Waals surface area contributed by atoms with Gasteiger partial charge < -0.3 is 4.42 Å². The van der Waals surface area contributed by atoms with Gasteiger partial charge in [-0.2, -0.15) is 0 Å². The zero-order valence-electron chi connectivity index (χ0n) is 12.0. The van der Waals surface area contributed by atoms with Crippen LogP contribution in [0.3, 0.4) is 0 Å². The minimum Gasteiger partial charge on any atom is -0.441 e. The summed E-state index contributed by atoms with van der Waals surface area (Å²) in [6.45, 7) is 1.84. The van der Waals surface area contributed by atoms with Crippen LogP contribution in [-0.4, -0.2) is 9.19 Å². The quantitative estimate of drug-likeness (QED) is 0.701. The SMILES string of the molecule is Cc1oc(-c2ccccc2)nc1C[S@](=O)c1cccc(Cl)c1. The van der Waals surface area contributed by atoms with E-state index in [1.54, 1.807) is 24.3 Å². The molecule has 0 radical (unpaired) electrons. The first-order chi connectivity index (χ1) is 10.6. The van der Waals surface area contributed by atoms with Crippen LogP contribution in [0.2, 0.25) is 5.02 Å². The molecule has 0 saturated carbocycles. The van der Waals surface area contributed by atoms with Gasteiger partial charge in [-0.05, 0) is 37.3 Å². The lowest BCUT2D eigenvalue weighted by Crippen LogP contribution is -1.98. The first-order valence-electron chi connectivity index (χ1n) is 6.79. The van der Waals surface area contributed by atoms with Crippen LogP contribution in [0.15, 0.2) is 63.9 Å².